The summed E-state index contributed by atoms with van der Waals surface area (Å²) in [6.07, 6.45) is 0. The SMILES string of the molecule is COc1cc(NC(=O)c2n[nH]nc2Nc2ccccc2Cl)cc(OC)c1. The van der Waals surface area contributed by atoms with E-state index in [9.17, 15) is 4.79 Å². The van der Waals surface area contributed by atoms with E-state index in [1.54, 1.807) is 36.4 Å². The van der Waals surface area contributed by atoms with Crippen molar-refractivity contribution in [1.82, 2.24) is 15.4 Å². The second-order valence-electron chi connectivity index (χ2n) is 5.18. The predicted molar refractivity (Wildman–Crippen MR) is 98.6 cm³/mol. The second-order valence-corrected chi connectivity index (χ2v) is 5.59. The maximum atomic E-state index is 12.6. The molecule has 3 aromatic rings. The lowest BCUT2D eigenvalue weighted by Gasteiger charge is -2.10. The summed E-state index contributed by atoms with van der Waals surface area (Å²) in [6, 6.07) is 12.2. The summed E-state index contributed by atoms with van der Waals surface area (Å²) in [5.41, 5.74) is 1.20. The number of halogens is 1. The number of benzene rings is 2. The van der Waals surface area contributed by atoms with Gasteiger partial charge >= 0.3 is 0 Å². The lowest BCUT2D eigenvalue weighted by Crippen LogP contribution is -2.14. The molecular weight excluding hydrogens is 358 g/mol. The lowest BCUT2D eigenvalue weighted by molar-refractivity contribution is 0.102. The maximum Gasteiger partial charge on any atom is 0.280 e. The van der Waals surface area contributed by atoms with Crippen LogP contribution in [0.4, 0.5) is 17.2 Å². The van der Waals surface area contributed by atoms with Crippen LogP contribution < -0.4 is 20.1 Å². The van der Waals surface area contributed by atoms with Crippen LogP contribution in [0.15, 0.2) is 42.5 Å². The minimum absolute atomic E-state index is 0.0895. The molecule has 8 nitrogen and oxygen atoms in total. The van der Waals surface area contributed by atoms with Crippen LogP contribution >= 0.6 is 11.6 Å². The first-order chi connectivity index (χ1) is 12.6. The van der Waals surface area contributed by atoms with Gasteiger partial charge < -0.3 is 20.1 Å². The van der Waals surface area contributed by atoms with Gasteiger partial charge in [0.2, 0.25) is 0 Å². The summed E-state index contributed by atoms with van der Waals surface area (Å²) in [7, 11) is 3.06. The van der Waals surface area contributed by atoms with Crippen LogP contribution in [-0.4, -0.2) is 35.5 Å². The highest BCUT2D eigenvalue weighted by Crippen LogP contribution is 2.27. The Hall–Kier alpha value is -3.26. The number of aromatic nitrogens is 3. The predicted octanol–water partition coefficient (Wildman–Crippen LogP) is 3.47. The monoisotopic (exact) mass is 373 g/mol. The third-order valence-electron chi connectivity index (χ3n) is 3.50. The molecule has 0 spiro atoms. The number of H-pyrrole nitrogens is 1. The largest absolute Gasteiger partial charge is 0.497 e. The number of aromatic amines is 1. The molecule has 0 aliphatic heterocycles. The van der Waals surface area contributed by atoms with Crippen molar-refractivity contribution in [2.24, 2.45) is 0 Å². The van der Waals surface area contributed by atoms with E-state index in [1.807, 2.05) is 6.07 Å². The van der Waals surface area contributed by atoms with Gasteiger partial charge in [0.05, 0.1) is 24.9 Å². The van der Waals surface area contributed by atoms with E-state index in [0.29, 0.717) is 27.9 Å². The van der Waals surface area contributed by atoms with Crippen molar-refractivity contribution in [3.05, 3.63) is 53.2 Å². The molecule has 9 heteroatoms. The molecule has 1 aromatic heterocycles. The Morgan fingerprint density at radius 1 is 1.08 bits per heavy atom. The molecule has 0 atom stereocenters. The average molecular weight is 374 g/mol. The van der Waals surface area contributed by atoms with Crippen molar-refractivity contribution in [2.75, 3.05) is 24.9 Å². The third-order valence-corrected chi connectivity index (χ3v) is 3.83. The van der Waals surface area contributed by atoms with Crippen molar-refractivity contribution in [3.63, 3.8) is 0 Å². The van der Waals surface area contributed by atoms with Gasteiger partial charge in [0.25, 0.3) is 5.91 Å². The van der Waals surface area contributed by atoms with E-state index in [1.165, 1.54) is 14.2 Å². The number of rotatable bonds is 6. The van der Waals surface area contributed by atoms with Crippen LogP contribution in [0, 0.1) is 0 Å². The number of carbonyl (C=O) groups excluding carboxylic acids is 1. The van der Waals surface area contributed by atoms with E-state index in [2.05, 4.69) is 26.0 Å². The zero-order valence-electron chi connectivity index (χ0n) is 14.0. The Labute approximate surface area is 154 Å². The highest BCUT2D eigenvalue weighted by Gasteiger charge is 2.18. The van der Waals surface area contributed by atoms with Gasteiger partial charge in [0, 0.05) is 23.9 Å². The number of nitrogens with one attached hydrogen (secondary N) is 3. The first-order valence-electron chi connectivity index (χ1n) is 7.57. The standard InChI is InChI=1S/C17H16ClN5O3/c1-25-11-7-10(8-12(9-11)26-2)19-17(24)15-16(22-23-21-15)20-14-6-4-3-5-13(14)18/h3-9H,1-2H3,(H,19,24)(H2,20,21,22,23). The molecule has 3 rings (SSSR count). The molecule has 26 heavy (non-hydrogen) atoms. The Kier molecular flexibility index (Phi) is 5.23. The van der Waals surface area contributed by atoms with Crippen LogP contribution in [0.3, 0.4) is 0 Å². The molecule has 0 unspecified atom stereocenters. The number of nitrogens with zero attached hydrogens (tertiary/aromatic N) is 2. The summed E-state index contributed by atoms with van der Waals surface area (Å²) < 4.78 is 10.4. The number of methoxy groups -OCH3 is 2. The normalized spacial score (nSPS) is 10.3. The Morgan fingerprint density at radius 3 is 2.42 bits per heavy atom. The number of hydrogen-bond donors (Lipinski definition) is 3. The number of ether oxygens (including phenoxy) is 2. The van der Waals surface area contributed by atoms with Crippen molar-refractivity contribution < 1.29 is 14.3 Å². The number of carbonyl (C=O) groups is 1. The highest BCUT2D eigenvalue weighted by molar-refractivity contribution is 6.33. The van der Waals surface area contributed by atoms with Crippen LogP contribution in [-0.2, 0) is 0 Å². The van der Waals surface area contributed by atoms with Gasteiger partial charge in [-0.1, -0.05) is 23.7 Å². The van der Waals surface area contributed by atoms with Crippen molar-refractivity contribution in [1.29, 1.82) is 0 Å². The molecular formula is C17H16ClN5O3. The fourth-order valence-electron chi connectivity index (χ4n) is 2.24. The van der Waals surface area contributed by atoms with E-state index in [4.69, 9.17) is 21.1 Å². The zero-order valence-corrected chi connectivity index (χ0v) is 14.8. The molecule has 0 fully saturated rings. The summed E-state index contributed by atoms with van der Waals surface area (Å²) in [5, 5.41) is 16.5. The molecule has 1 heterocycles. The quantitative estimate of drug-likeness (QED) is 0.611. The molecule has 0 bridgehead atoms. The smallest absolute Gasteiger partial charge is 0.280 e. The second kappa shape index (κ2) is 7.75. The number of anilines is 3. The first kappa shape index (κ1) is 17.6. The summed E-state index contributed by atoms with van der Waals surface area (Å²) in [6.45, 7) is 0. The van der Waals surface area contributed by atoms with Crippen LogP contribution in [0.5, 0.6) is 11.5 Å². The lowest BCUT2D eigenvalue weighted by atomic mass is 10.2. The van der Waals surface area contributed by atoms with Crippen LogP contribution in [0.25, 0.3) is 0 Å². The minimum Gasteiger partial charge on any atom is -0.497 e. The Bertz CT molecular complexity index is 906. The minimum atomic E-state index is -0.455. The maximum absolute atomic E-state index is 12.6. The summed E-state index contributed by atoms with van der Waals surface area (Å²) in [4.78, 5) is 12.6. The highest BCUT2D eigenvalue weighted by atomic mass is 35.5. The first-order valence-corrected chi connectivity index (χ1v) is 7.95. The molecule has 3 N–H and O–H groups in total. The number of amides is 1. The Morgan fingerprint density at radius 2 is 1.77 bits per heavy atom. The average Bonchev–Trinajstić information content (AvgIpc) is 3.11. The molecule has 0 radical (unpaired) electrons. The third kappa shape index (κ3) is 3.86. The van der Waals surface area contributed by atoms with Crippen LogP contribution in [0.1, 0.15) is 10.5 Å². The molecule has 0 aliphatic carbocycles. The zero-order chi connectivity index (χ0) is 18.5. The fraction of sp³-hybridized carbons (Fsp3) is 0.118. The van der Waals surface area contributed by atoms with Gasteiger partial charge in [-0.25, -0.2) is 0 Å². The molecule has 2 aromatic carbocycles. The molecule has 0 saturated carbocycles. The van der Waals surface area contributed by atoms with E-state index >= 15 is 0 Å². The summed E-state index contributed by atoms with van der Waals surface area (Å²) in [5.74, 6) is 0.900. The van der Waals surface area contributed by atoms with E-state index in [0.717, 1.165) is 0 Å². The van der Waals surface area contributed by atoms with Crippen LogP contribution in [0.2, 0.25) is 5.02 Å². The van der Waals surface area contributed by atoms with E-state index in [-0.39, 0.29) is 11.5 Å². The molecule has 0 aliphatic rings. The van der Waals surface area contributed by atoms with Gasteiger partial charge in [-0.3, -0.25) is 4.79 Å². The van der Waals surface area contributed by atoms with Crippen molar-refractivity contribution in [3.8, 4) is 11.5 Å². The summed E-state index contributed by atoms with van der Waals surface area (Å²) >= 11 is 6.12. The van der Waals surface area contributed by atoms with Gasteiger partial charge in [-0.05, 0) is 12.1 Å². The van der Waals surface area contributed by atoms with Gasteiger partial charge in [-0.2, -0.15) is 5.21 Å². The molecule has 134 valence electrons. The van der Waals surface area contributed by atoms with Gasteiger partial charge in [-0.15, -0.1) is 10.2 Å². The molecule has 1 amide bonds. The van der Waals surface area contributed by atoms with Gasteiger partial charge in [0.1, 0.15) is 11.5 Å². The van der Waals surface area contributed by atoms with E-state index < -0.39 is 5.91 Å². The topological polar surface area (TPSA) is 101 Å². The van der Waals surface area contributed by atoms with Gasteiger partial charge in [0.15, 0.2) is 11.5 Å². The fourth-order valence-corrected chi connectivity index (χ4v) is 2.42. The van der Waals surface area contributed by atoms with Crippen molar-refractivity contribution >= 4 is 34.7 Å². The molecule has 0 saturated heterocycles. The number of hydrogen-bond acceptors (Lipinski definition) is 6. The van der Waals surface area contributed by atoms with Crippen molar-refractivity contribution in [2.45, 2.75) is 0 Å². The Balaban J connectivity index is 1.82. The number of para-hydroxylation sites is 1.